The number of piperidine rings is 1. The van der Waals surface area contributed by atoms with Gasteiger partial charge in [-0.1, -0.05) is 19.1 Å². The highest BCUT2D eigenvalue weighted by molar-refractivity contribution is 5.85. The van der Waals surface area contributed by atoms with Gasteiger partial charge in [0, 0.05) is 6.54 Å². The second kappa shape index (κ2) is 12.5. The van der Waals surface area contributed by atoms with E-state index in [1.165, 1.54) is 31.8 Å². The van der Waals surface area contributed by atoms with Gasteiger partial charge in [-0.25, -0.2) is 4.79 Å². The van der Waals surface area contributed by atoms with Gasteiger partial charge in [-0.2, -0.15) is 0 Å². The molecule has 1 aliphatic heterocycles. The molecule has 0 radical (unpaired) electrons. The Morgan fingerprint density at radius 3 is 2.14 bits per heavy atom. The van der Waals surface area contributed by atoms with Gasteiger partial charge in [-0.3, -0.25) is 4.79 Å². The van der Waals surface area contributed by atoms with Crippen LogP contribution in [-0.4, -0.2) is 62.9 Å². The van der Waals surface area contributed by atoms with Gasteiger partial charge in [0.2, 0.25) is 11.7 Å². The number of hydrogen-bond acceptors (Lipinski definition) is 6. The molecule has 1 heterocycles. The van der Waals surface area contributed by atoms with Crippen LogP contribution in [0, 0.1) is 5.92 Å². The van der Waals surface area contributed by atoms with Gasteiger partial charge in [-0.15, -0.1) is 0 Å². The van der Waals surface area contributed by atoms with Crippen molar-refractivity contribution in [3.63, 3.8) is 0 Å². The molecule has 0 bridgehead atoms. The molecule has 1 N–H and O–H groups in total. The van der Waals surface area contributed by atoms with Crippen molar-refractivity contribution in [1.29, 1.82) is 0 Å². The van der Waals surface area contributed by atoms with E-state index in [0.717, 1.165) is 25.0 Å². The van der Waals surface area contributed by atoms with E-state index in [1.54, 1.807) is 19.2 Å². The summed E-state index contributed by atoms with van der Waals surface area (Å²) in [5, 5.41) is 9.98. The molecule has 8 nitrogen and oxygen atoms in total. The summed E-state index contributed by atoms with van der Waals surface area (Å²) in [5.74, 6) is 1.55. The fraction of sp³-hybridized carbons (Fsp3) is 0.500. The average molecular weight is 500 g/mol. The molecular weight excluding hydrogens is 462 g/mol. The van der Waals surface area contributed by atoms with Crippen LogP contribution in [0.3, 0.4) is 0 Å². The molecule has 0 spiro atoms. The molecule has 196 valence electrons. The maximum absolute atomic E-state index is 13.2. The summed E-state index contributed by atoms with van der Waals surface area (Å²) in [5.41, 5.74) is 1.90. The van der Waals surface area contributed by atoms with Crippen LogP contribution in [0.4, 0.5) is 0 Å². The molecular formula is C28H37NO7. The lowest BCUT2D eigenvalue weighted by Crippen LogP contribution is -2.50. The highest BCUT2D eigenvalue weighted by Crippen LogP contribution is 2.39. The van der Waals surface area contributed by atoms with E-state index >= 15 is 0 Å². The minimum absolute atomic E-state index is 0.0502. The number of rotatable bonds is 11. The molecule has 1 saturated heterocycles. The summed E-state index contributed by atoms with van der Waals surface area (Å²) < 4.78 is 21.4. The standard InChI is InChI=1S/C28H37NO7/c1-6-20(21-7-9-22(33-2)10-8-21)13-18-11-12-29(23(14-18)28(31)32)26(30)17-19-15-24(34-3)27(36-5)25(16-19)35-4/h7-10,15-16,18,20,23H,6,11-14,17H2,1-5H3,(H,31,32)/t18?,20-,23?/m0/s1. The Labute approximate surface area is 213 Å². The van der Waals surface area contributed by atoms with E-state index in [4.69, 9.17) is 18.9 Å². The Morgan fingerprint density at radius 1 is 1.00 bits per heavy atom. The van der Waals surface area contributed by atoms with Crippen LogP contribution in [0.15, 0.2) is 36.4 Å². The van der Waals surface area contributed by atoms with Crippen LogP contribution in [0.2, 0.25) is 0 Å². The predicted molar refractivity (Wildman–Crippen MR) is 136 cm³/mol. The number of carbonyl (C=O) groups is 2. The van der Waals surface area contributed by atoms with Crippen molar-refractivity contribution in [3.8, 4) is 23.0 Å². The number of hydrogen-bond donors (Lipinski definition) is 1. The summed E-state index contributed by atoms with van der Waals surface area (Å²) in [6.07, 6.45) is 3.13. The summed E-state index contributed by atoms with van der Waals surface area (Å²) in [7, 11) is 6.20. The van der Waals surface area contributed by atoms with Gasteiger partial charge in [0.15, 0.2) is 11.5 Å². The fourth-order valence-corrected chi connectivity index (χ4v) is 5.12. The van der Waals surface area contributed by atoms with E-state index in [1.807, 2.05) is 12.1 Å². The van der Waals surface area contributed by atoms with Crippen LogP contribution in [-0.2, 0) is 16.0 Å². The second-order valence-corrected chi connectivity index (χ2v) is 9.16. The number of methoxy groups -OCH3 is 4. The number of amides is 1. The van der Waals surface area contributed by atoms with Crippen LogP contribution in [0.25, 0.3) is 0 Å². The quantitative estimate of drug-likeness (QED) is 0.485. The molecule has 2 aromatic carbocycles. The average Bonchev–Trinajstić information content (AvgIpc) is 2.90. The molecule has 0 aromatic heterocycles. The first-order valence-electron chi connectivity index (χ1n) is 12.3. The predicted octanol–water partition coefficient (Wildman–Crippen LogP) is 4.54. The lowest BCUT2D eigenvalue weighted by molar-refractivity contribution is -0.153. The molecule has 3 atom stereocenters. The molecule has 3 rings (SSSR count). The summed E-state index contributed by atoms with van der Waals surface area (Å²) >= 11 is 0. The Hall–Kier alpha value is -3.42. The van der Waals surface area contributed by atoms with Crippen LogP contribution < -0.4 is 18.9 Å². The summed E-state index contributed by atoms with van der Waals surface area (Å²) in [4.78, 5) is 26.9. The number of carbonyl (C=O) groups excluding carboxylic acids is 1. The second-order valence-electron chi connectivity index (χ2n) is 9.16. The van der Waals surface area contributed by atoms with Crippen molar-refractivity contribution in [3.05, 3.63) is 47.5 Å². The minimum atomic E-state index is -0.963. The third-order valence-electron chi connectivity index (χ3n) is 7.09. The minimum Gasteiger partial charge on any atom is -0.497 e. The zero-order chi connectivity index (χ0) is 26.2. The zero-order valence-electron chi connectivity index (χ0n) is 21.8. The lowest BCUT2D eigenvalue weighted by atomic mass is 9.80. The number of benzene rings is 2. The third-order valence-corrected chi connectivity index (χ3v) is 7.09. The Balaban J connectivity index is 1.71. The molecule has 2 unspecified atom stereocenters. The maximum atomic E-state index is 13.2. The number of carboxylic acids is 1. The number of aliphatic carboxylic acids is 1. The van der Waals surface area contributed by atoms with Gasteiger partial charge in [-0.05, 0) is 72.9 Å². The van der Waals surface area contributed by atoms with Crippen LogP contribution >= 0.6 is 0 Å². The number of carboxylic acid groups (broad SMARTS) is 1. The first-order valence-corrected chi connectivity index (χ1v) is 12.3. The smallest absolute Gasteiger partial charge is 0.326 e. The monoisotopic (exact) mass is 499 g/mol. The highest BCUT2D eigenvalue weighted by atomic mass is 16.5. The first-order chi connectivity index (χ1) is 17.3. The largest absolute Gasteiger partial charge is 0.497 e. The summed E-state index contributed by atoms with van der Waals surface area (Å²) in [6.45, 7) is 2.57. The SMILES string of the molecule is CC[C@@H](CC1CCN(C(=O)Cc2cc(OC)c(OC)c(OC)c2)C(C(=O)O)C1)c1ccc(OC)cc1. The zero-order valence-corrected chi connectivity index (χ0v) is 21.8. The van der Waals surface area contributed by atoms with E-state index < -0.39 is 12.0 Å². The number of ether oxygens (including phenoxy) is 4. The van der Waals surface area contributed by atoms with Gasteiger partial charge in [0.25, 0.3) is 0 Å². The number of likely N-dealkylation sites (tertiary alicyclic amines) is 1. The van der Waals surface area contributed by atoms with Crippen molar-refractivity contribution in [2.45, 2.75) is 51.0 Å². The maximum Gasteiger partial charge on any atom is 0.326 e. The fourth-order valence-electron chi connectivity index (χ4n) is 5.12. The molecule has 36 heavy (non-hydrogen) atoms. The Morgan fingerprint density at radius 2 is 1.64 bits per heavy atom. The molecule has 1 aliphatic rings. The van der Waals surface area contributed by atoms with Gasteiger partial charge in [0.05, 0.1) is 34.9 Å². The van der Waals surface area contributed by atoms with E-state index in [-0.39, 0.29) is 18.2 Å². The van der Waals surface area contributed by atoms with Crippen molar-refractivity contribution in [1.82, 2.24) is 4.90 Å². The van der Waals surface area contributed by atoms with Crippen LogP contribution in [0.1, 0.15) is 49.7 Å². The van der Waals surface area contributed by atoms with Crippen molar-refractivity contribution < 1.29 is 33.6 Å². The molecule has 0 saturated carbocycles. The Bertz CT molecular complexity index is 1010. The van der Waals surface area contributed by atoms with Gasteiger partial charge >= 0.3 is 5.97 Å². The Kier molecular flexibility index (Phi) is 9.44. The van der Waals surface area contributed by atoms with Crippen molar-refractivity contribution in [2.75, 3.05) is 35.0 Å². The van der Waals surface area contributed by atoms with E-state index in [0.29, 0.717) is 41.7 Å². The molecule has 8 heteroatoms. The molecule has 0 aliphatic carbocycles. The molecule has 1 fully saturated rings. The number of nitrogens with zero attached hydrogens (tertiary/aromatic N) is 1. The highest BCUT2D eigenvalue weighted by Gasteiger charge is 2.37. The van der Waals surface area contributed by atoms with Gasteiger partial charge < -0.3 is 29.0 Å². The lowest BCUT2D eigenvalue weighted by Gasteiger charge is -2.38. The first kappa shape index (κ1) is 27.2. The van der Waals surface area contributed by atoms with E-state index in [2.05, 4.69) is 19.1 Å². The third kappa shape index (κ3) is 6.22. The topological polar surface area (TPSA) is 94.5 Å². The molecule has 1 amide bonds. The molecule has 2 aromatic rings. The van der Waals surface area contributed by atoms with Gasteiger partial charge in [0.1, 0.15) is 11.8 Å². The van der Waals surface area contributed by atoms with Crippen molar-refractivity contribution in [2.24, 2.45) is 5.92 Å². The van der Waals surface area contributed by atoms with Crippen LogP contribution in [0.5, 0.6) is 23.0 Å². The van der Waals surface area contributed by atoms with Crippen molar-refractivity contribution >= 4 is 11.9 Å². The van der Waals surface area contributed by atoms with E-state index in [9.17, 15) is 14.7 Å². The summed E-state index contributed by atoms with van der Waals surface area (Å²) in [6, 6.07) is 10.7. The normalized spacial score (nSPS) is 18.3.